The minimum atomic E-state index is -0.511. The van der Waals surface area contributed by atoms with Gasteiger partial charge in [0.1, 0.15) is 0 Å². The Bertz CT molecular complexity index is 665. The van der Waals surface area contributed by atoms with Gasteiger partial charge in [-0.05, 0) is 51.2 Å². The van der Waals surface area contributed by atoms with Gasteiger partial charge < -0.3 is 10.1 Å². The van der Waals surface area contributed by atoms with Gasteiger partial charge >= 0.3 is 6.09 Å². The average molecular weight is 377 g/mol. The van der Waals surface area contributed by atoms with Crippen LogP contribution in [0.3, 0.4) is 0 Å². The Morgan fingerprint density at radius 1 is 1.46 bits per heavy atom. The molecule has 1 aliphatic carbocycles. The second kappa shape index (κ2) is 8.24. The van der Waals surface area contributed by atoms with Crippen LogP contribution in [0.2, 0.25) is 5.02 Å². The van der Waals surface area contributed by atoms with Crippen molar-refractivity contribution in [2.45, 2.75) is 56.5 Å². The molecular formula is C19H25ClN4O2. The smallest absolute Gasteiger partial charge is 0.407 e. The van der Waals surface area contributed by atoms with Gasteiger partial charge in [-0.15, -0.1) is 0 Å². The zero-order chi connectivity index (χ0) is 18.6. The minimum absolute atomic E-state index is 0.148. The lowest BCUT2D eigenvalue weighted by Crippen LogP contribution is -2.43. The van der Waals surface area contributed by atoms with Crippen LogP contribution in [0.1, 0.15) is 44.7 Å². The van der Waals surface area contributed by atoms with E-state index in [1.54, 1.807) is 19.2 Å². The maximum atomic E-state index is 11.6. The van der Waals surface area contributed by atoms with E-state index in [9.17, 15) is 10.1 Å². The maximum absolute atomic E-state index is 11.6. The standard InChI is InChI=1S/C19H25ClN4O2/c1-2-26-18(25)23-15-7-10-24(12-15)16-5-8-19(13-21,9-6-16)17-4-3-14(20)11-22-17/h3-4,11,15-16H,2,5-10,12H2,1H3,(H,23,25)/t15-,16?,19?/m1/s1. The summed E-state index contributed by atoms with van der Waals surface area (Å²) in [6.07, 6.45) is 5.75. The van der Waals surface area contributed by atoms with E-state index in [2.05, 4.69) is 21.3 Å². The summed E-state index contributed by atoms with van der Waals surface area (Å²) in [5, 5.41) is 13.3. The molecule has 0 radical (unpaired) electrons. The predicted molar refractivity (Wildman–Crippen MR) is 98.9 cm³/mol. The van der Waals surface area contributed by atoms with Crippen LogP contribution in [0, 0.1) is 11.3 Å². The summed E-state index contributed by atoms with van der Waals surface area (Å²) in [6.45, 7) is 4.02. The number of alkyl carbamates (subject to hydrolysis) is 1. The summed E-state index contributed by atoms with van der Waals surface area (Å²) in [4.78, 5) is 18.4. The summed E-state index contributed by atoms with van der Waals surface area (Å²) < 4.78 is 4.96. The molecule has 7 heteroatoms. The van der Waals surface area contributed by atoms with Crippen LogP contribution < -0.4 is 5.32 Å². The highest BCUT2D eigenvalue weighted by Gasteiger charge is 2.41. The molecule has 1 atom stereocenters. The third-order valence-electron chi connectivity index (χ3n) is 5.57. The van der Waals surface area contributed by atoms with Crippen molar-refractivity contribution in [1.29, 1.82) is 5.26 Å². The second-order valence-corrected chi connectivity index (χ2v) is 7.57. The fourth-order valence-electron chi connectivity index (χ4n) is 4.12. The zero-order valence-corrected chi connectivity index (χ0v) is 15.8. The highest BCUT2D eigenvalue weighted by atomic mass is 35.5. The van der Waals surface area contributed by atoms with Gasteiger partial charge in [-0.2, -0.15) is 5.26 Å². The van der Waals surface area contributed by atoms with Crippen LogP contribution in [0.25, 0.3) is 0 Å². The number of likely N-dealkylation sites (tertiary alicyclic amines) is 1. The number of halogens is 1. The third kappa shape index (κ3) is 4.11. The molecule has 1 aromatic heterocycles. The molecule has 1 amide bonds. The first kappa shape index (κ1) is 18.9. The number of carbonyl (C=O) groups excluding carboxylic acids is 1. The van der Waals surface area contributed by atoms with Crippen LogP contribution in [0.5, 0.6) is 0 Å². The molecule has 0 unspecified atom stereocenters. The molecule has 140 valence electrons. The number of nitrogens with one attached hydrogen (secondary N) is 1. The Morgan fingerprint density at radius 2 is 2.23 bits per heavy atom. The Balaban J connectivity index is 1.56. The molecule has 3 rings (SSSR count). The number of nitrogens with zero attached hydrogens (tertiary/aromatic N) is 3. The van der Waals surface area contributed by atoms with Crippen molar-refractivity contribution in [3.63, 3.8) is 0 Å². The molecule has 1 aromatic rings. The average Bonchev–Trinajstić information content (AvgIpc) is 3.11. The molecule has 0 spiro atoms. The minimum Gasteiger partial charge on any atom is -0.450 e. The van der Waals surface area contributed by atoms with E-state index in [1.165, 1.54) is 0 Å². The molecule has 1 N–H and O–H groups in total. The van der Waals surface area contributed by atoms with Crippen molar-refractivity contribution in [3.8, 4) is 6.07 Å². The first-order valence-corrected chi connectivity index (χ1v) is 9.65. The molecule has 2 heterocycles. The van der Waals surface area contributed by atoms with E-state index in [4.69, 9.17) is 16.3 Å². The molecule has 1 saturated heterocycles. The number of nitriles is 1. The van der Waals surface area contributed by atoms with Crippen molar-refractivity contribution >= 4 is 17.7 Å². The largest absolute Gasteiger partial charge is 0.450 e. The van der Waals surface area contributed by atoms with Crippen molar-refractivity contribution in [2.75, 3.05) is 19.7 Å². The van der Waals surface area contributed by atoms with Crippen molar-refractivity contribution in [2.24, 2.45) is 0 Å². The number of amides is 1. The van der Waals surface area contributed by atoms with Gasteiger partial charge in [0.2, 0.25) is 0 Å². The van der Waals surface area contributed by atoms with Gasteiger partial charge in [-0.25, -0.2) is 4.79 Å². The SMILES string of the molecule is CCOC(=O)N[C@@H]1CCN(C2CCC(C#N)(c3ccc(Cl)cn3)CC2)C1. The molecule has 6 nitrogen and oxygen atoms in total. The predicted octanol–water partition coefficient (Wildman–Crippen LogP) is 3.26. The number of rotatable bonds is 4. The number of ether oxygens (including phenoxy) is 1. The van der Waals surface area contributed by atoms with Crippen molar-refractivity contribution in [3.05, 3.63) is 29.0 Å². The Hall–Kier alpha value is -1.84. The van der Waals surface area contributed by atoms with Gasteiger partial charge in [-0.3, -0.25) is 9.88 Å². The van der Waals surface area contributed by atoms with E-state index >= 15 is 0 Å². The lowest BCUT2D eigenvalue weighted by molar-refractivity contribution is 0.143. The number of aromatic nitrogens is 1. The third-order valence-corrected chi connectivity index (χ3v) is 5.80. The van der Waals surface area contributed by atoms with Crippen LogP contribution in [-0.2, 0) is 10.2 Å². The molecule has 0 aromatic carbocycles. The summed E-state index contributed by atoms with van der Waals surface area (Å²) >= 11 is 5.93. The highest BCUT2D eigenvalue weighted by molar-refractivity contribution is 6.30. The van der Waals surface area contributed by atoms with Crippen LogP contribution in [0.15, 0.2) is 18.3 Å². The quantitative estimate of drug-likeness (QED) is 0.872. The first-order valence-electron chi connectivity index (χ1n) is 9.27. The van der Waals surface area contributed by atoms with Gasteiger partial charge in [0.15, 0.2) is 0 Å². The van der Waals surface area contributed by atoms with Gasteiger partial charge in [0.05, 0.1) is 28.8 Å². The van der Waals surface area contributed by atoms with Crippen LogP contribution in [-0.4, -0.2) is 47.8 Å². The van der Waals surface area contributed by atoms with E-state index in [0.717, 1.165) is 50.9 Å². The Kier molecular flexibility index (Phi) is 6.00. The Morgan fingerprint density at radius 3 is 2.85 bits per heavy atom. The fraction of sp³-hybridized carbons (Fsp3) is 0.632. The van der Waals surface area contributed by atoms with E-state index < -0.39 is 5.41 Å². The first-order chi connectivity index (χ1) is 12.6. The van der Waals surface area contributed by atoms with E-state index in [0.29, 0.717) is 17.7 Å². The van der Waals surface area contributed by atoms with Gasteiger partial charge in [0, 0.05) is 31.4 Å². The van der Waals surface area contributed by atoms with E-state index in [-0.39, 0.29) is 12.1 Å². The molecule has 0 bridgehead atoms. The Labute approximate surface area is 159 Å². The zero-order valence-electron chi connectivity index (χ0n) is 15.1. The lowest BCUT2D eigenvalue weighted by Gasteiger charge is -2.38. The second-order valence-electron chi connectivity index (χ2n) is 7.13. The number of carbonyl (C=O) groups is 1. The highest BCUT2D eigenvalue weighted by Crippen LogP contribution is 2.40. The molecular weight excluding hydrogens is 352 g/mol. The number of hydrogen-bond acceptors (Lipinski definition) is 5. The molecule has 1 aliphatic heterocycles. The summed E-state index contributed by atoms with van der Waals surface area (Å²) in [5.41, 5.74) is 0.315. The number of pyridine rings is 1. The summed E-state index contributed by atoms with van der Waals surface area (Å²) in [5.74, 6) is 0. The van der Waals surface area contributed by atoms with Crippen molar-refractivity contribution in [1.82, 2.24) is 15.2 Å². The van der Waals surface area contributed by atoms with Crippen molar-refractivity contribution < 1.29 is 9.53 Å². The van der Waals surface area contributed by atoms with Crippen LogP contribution >= 0.6 is 11.6 Å². The monoisotopic (exact) mass is 376 g/mol. The molecule has 2 fully saturated rings. The summed E-state index contributed by atoms with van der Waals surface area (Å²) in [7, 11) is 0. The van der Waals surface area contributed by atoms with Crippen LogP contribution in [0.4, 0.5) is 4.79 Å². The molecule has 2 aliphatic rings. The fourth-order valence-corrected chi connectivity index (χ4v) is 4.23. The molecule has 26 heavy (non-hydrogen) atoms. The molecule has 1 saturated carbocycles. The normalized spacial score (nSPS) is 29.1. The number of hydrogen-bond donors (Lipinski definition) is 1. The van der Waals surface area contributed by atoms with Gasteiger partial charge in [0.25, 0.3) is 0 Å². The lowest BCUT2D eigenvalue weighted by atomic mass is 9.71. The van der Waals surface area contributed by atoms with E-state index in [1.807, 2.05) is 6.07 Å². The topological polar surface area (TPSA) is 78.2 Å². The maximum Gasteiger partial charge on any atom is 0.407 e. The van der Waals surface area contributed by atoms with Gasteiger partial charge in [-0.1, -0.05) is 11.6 Å². The summed E-state index contributed by atoms with van der Waals surface area (Å²) in [6, 6.07) is 6.80.